The van der Waals surface area contributed by atoms with E-state index in [4.69, 9.17) is 4.74 Å². The van der Waals surface area contributed by atoms with Crippen LogP contribution in [0.3, 0.4) is 0 Å². The molecule has 2 fully saturated rings. The van der Waals surface area contributed by atoms with Gasteiger partial charge in [0, 0.05) is 29.9 Å². The summed E-state index contributed by atoms with van der Waals surface area (Å²) < 4.78 is 28.3. The van der Waals surface area contributed by atoms with Crippen molar-refractivity contribution in [2.75, 3.05) is 11.6 Å². The number of nitrogens with one attached hydrogen (secondary N) is 2. The number of sulfone groups is 1. The molecule has 31 heavy (non-hydrogen) atoms. The summed E-state index contributed by atoms with van der Waals surface area (Å²) in [7, 11) is -3.05. The molecule has 0 spiro atoms. The molecule has 2 aromatic rings. The second kappa shape index (κ2) is 8.45. The van der Waals surface area contributed by atoms with Gasteiger partial charge < -0.3 is 15.4 Å². The number of benzene rings is 1. The summed E-state index contributed by atoms with van der Waals surface area (Å²) in [5, 5.41) is 6.06. The fourth-order valence-corrected chi connectivity index (χ4v) is 4.62. The number of ether oxygens (including phenoxy) is 1. The standard InChI is InChI=1S/C22H28N4O4S/c1-22(9-10-22)26-21(27)30-19-8-5-16(11-19)17-12-23-20(24-13-17)25-18-6-3-15(4-7-18)14-31(2,28)29/h3-4,6-7,12-13,16,19H,5,8-11,14H2,1-2H3,(H,26,27)(H,23,24,25)/t16-,19+/m1/s1. The summed E-state index contributed by atoms with van der Waals surface area (Å²) in [4.78, 5) is 20.8. The molecule has 0 aliphatic heterocycles. The minimum atomic E-state index is -3.05. The lowest BCUT2D eigenvalue weighted by molar-refractivity contribution is 0.0967. The van der Waals surface area contributed by atoms with Gasteiger partial charge in [0.15, 0.2) is 9.84 Å². The van der Waals surface area contributed by atoms with Gasteiger partial charge in [0.1, 0.15) is 6.10 Å². The first-order valence-corrected chi connectivity index (χ1v) is 12.6. The molecule has 2 aliphatic carbocycles. The zero-order chi connectivity index (χ0) is 22.1. The third kappa shape index (κ3) is 6.16. The Labute approximate surface area is 182 Å². The van der Waals surface area contributed by atoms with Gasteiger partial charge in [-0.1, -0.05) is 12.1 Å². The van der Waals surface area contributed by atoms with Crippen molar-refractivity contribution in [1.82, 2.24) is 15.3 Å². The number of hydrogen-bond donors (Lipinski definition) is 2. The van der Waals surface area contributed by atoms with Crippen LogP contribution in [-0.2, 0) is 20.3 Å². The van der Waals surface area contributed by atoms with E-state index in [2.05, 4.69) is 20.6 Å². The van der Waals surface area contributed by atoms with Crippen LogP contribution in [-0.4, -0.2) is 42.4 Å². The molecule has 0 saturated heterocycles. The van der Waals surface area contributed by atoms with Crippen molar-refractivity contribution in [3.8, 4) is 0 Å². The van der Waals surface area contributed by atoms with Gasteiger partial charge in [0.05, 0.1) is 5.75 Å². The molecule has 0 unspecified atom stereocenters. The number of carbonyl (C=O) groups is 1. The minimum Gasteiger partial charge on any atom is -0.446 e. The number of alkyl carbamates (subject to hydrolysis) is 1. The topological polar surface area (TPSA) is 110 Å². The normalized spacial score (nSPS) is 22.0. The highest BCUT2D eigenvalue weighted by Crippen LogP contribution is 2.37. The van der Waals surface area contributed by atoms with Crippen LogP contribution in [0.5, 0.6) is 0 Å². The second-order valence-electron chi connectivity index (χ2n) is 8.95. The summed E-state index contributed by atoms with van der Waals surface area (Å²) in [6.45, 7) is 2.03. The third-order valence-corrected chi connectivity index (χ3v) is 6.70. The first kappa shape index (κ1) is 21.5. The number of hydrogen-bond acceptors (Lipinski definition) is 7. The molecule has 2 atom stereocenters. The average Bonchev–Trinajstić information content (AvgIpc) is 3.23. The summed E-state index contributed by atoms with van der Waals surface area (Å²) in [6.07, 6.45) is 9.03. The Hall–Kier alpha value is -2.68. The predicted molar refractivity (Wildman–Crippen MR) is 118 cm³/mol. The van der Waals surface area contributed by atoms with Gasteiger partial charge >= 0.3 is 6.09 Å². The number of amides is 1. The second-order valence-corrected chi connectivity index (χ2v) is 11.1. The lowest BCUT2D eigenvalue weighted by Crippen LogP contribution is -2.36. The smallest absolute Gasteiger partial charge is 0.407 e. The van der Waals surface area contributed by atoms with Gasteiger partial charge in [-0.25, -0.2) is 23.2 Å². The summed E-state index contributed by atoms with van der Waals surface area (Å²) >= 11 is 0. The maximum absolute atomic E-state index is 12.0. The van der Waals surface area contributed by atoms with E-state index in [1.54, 1.807) is 12.1 Å². The first-order valence-electron chi connectivity index (χ1n) is 10.5. The zero-order valence-electron chi connectivity index (χ0n) is 17.8. The van der Waals surface area contributed by atoms with Crippen molar-refractivity contribution in [2.45, 2.75) is 62.3 Å². The SMILES string of the molecule is CC1(NC(=O)O[C@H]2CC[C@@H](c3cnc(Nc4ccc(CS(C)(=O)=O)cc4)nc3)C2)CC1. The molecule has 1 heterocycles. The van der Waals surface area contributed by atoms with Crippen molar-refractivity contribution < 1.29 is 17.9 Å². The van der Waals surface area contributed by atoms with Gasteiger partial charge in [-0.2, -0.15) is 0 Å². The van der Waals surface area contributed by atoms with Gasteiger partial charge in [0.25, 0.3) is 0 Å². The number of anilines is 2. The molecule has 9 heteroatoms. The molecule has 1 aromatic heterocycles. The fraction of sp³-hybridized carbons (Fsp3) is 0.500. The Bertz CT molecular complexity index is 1030. The maximum Gasteiger partial charge on any atom is 0.407 e. The molecule has 8 nitrogen and oxygen atoms in total. The van der Waals surface area contributed by atoms with E-state index >= 15 is 0 Å². The maximum atomic E-state index is 12.0. The fourth-order valence-electron chi connectivity index (χ4n) is 3.82. The van der Waals surface area contributed by atoms with Crippen LogP contribution in [0.4, 0.5) is 16.4 Å². The highest BCUT2D eigenvalue weighted by molar-refractivity contribution is 7.89. The largest absolute Gasteiger partial charge is 0.446 e. The van der Waals surface area contributed by atoms with E-state index < -0.39 is 9.84 Å². The molecular formula is C22H28N4O4S. The van der Waals surface area contributed by atoms with E-state index in [9.17, 15) is 13.2 Å². The van der Waals surface area contributed by atoms with Crippen molar-refractivity contribution in [2.24, 2.45) is 0 Å². The molecule has 2 saturated carbocycles. The zero-order valence-corrected chi connectivity index (χ0v) is 18.6. The summed E-state index contributed by atoms with van der Waals surface area (Å²) in [5.74, 6) is 0.770. The van der Waals surface area contributed by atoms with Crippen molar-refractivity contribution >= 4 is 27.6 Å². The van der Waals surface area contributed by atoms with E-state index in [0.717, 1.165) is 48.9 Å². The van der Waals surface area contributed by atoms with Gasteiger partial charge in [0.2, 0.25) is 5.95 Å². The lowest BCUT2D eigenvalue weighted by Gasteiger charge is -2.16. The van der Waals surface area contributed by atoms with Crippen LogP contribution in [0.15, 0.2) is 36.7 Å². The van der Waals surface area contributed by atoms with Crippen LogP contribution >= 0.6 is 0 Å². The lowest BCUT2D eigenvalue weighted by atomic mass is 10.0. The summed E-state index contributed by atoms with van der Waals surface area (Å²) in [6, 6.07) is 7.17. The molecule has 0 bridgehead atoms. The molecule has 0 radical (unpaired) electrons. The van der Waals surface area contributed by atoms with E-state index in [0.29, 0.717) is 5.95 Å². The van der Waals surface area contributed by atoms with Crippen molar-refractivity contribution in [1.29, 1.82) is 0 Å². The van der Waals surface area contributed by atoms with E-state index in [1.807, 2.05) is 31.5 Å². The number of rotatable bonds is 7. The van der Waals surface area contributed by atoms with E-state index in [1.165, 1.54) is 6.26 Å². The summed E-state index contributed by atoms with van der Waals surface area (Å²) in [5.41, 5.74) is 2.49. The molecule has 1 aromatic carbocycles. The highest BCUT2D eigenvalue weighted by atomic mass is 32.2. The molecule has 2 aliphatic rings. The molecule has 4 rings (SSSR count). The van der Waals surface area contributed by atoms with Crippen molar-refractivity contribution in [3.05, 3.63) is 47.8 Å². The third-order valence-electron chi connectivity index (χ3n) is 5.84. The van der Waals surface area contributed by atoms with Crippen LogP contribution in [0.25, 0.3) is 0 Å². The average molecular weight is 445 g/mol. The van der Waals surface area contributed by atoms with E-state index in [-0.39, 0.29) is 29.4 Å². The molecule has 2 N–H and O–H groups in total. The quantitative estimate of drug-likeness (QED) is 0.670. The molecular weight excluding hydrogens is 416 g/mol. The Morgan fingerprint density at radius 1 is 1.16 bits per heavy atom. The van der Waals surface area contributed by atoms with Crippen LogP contribution in [0, 0.1) is 0 Å². The number of carbonyl (C=O) groups excluding carboxylic acids is 1. The molecule has 1 amide bonds. The first-order chi connectivity index (χ1) is 14.7. The number of aromatic nitrogens is 2. The van der Waals surface area contributed by atoms with Gasteiger partial charge in [-0.05, 0) is 68.2 Å². The minimum absolute atomic E-state index is 0.0194. The van der Waals surface area contributed by atoms with Crippen LogP contribution in [0.1, 0.15) is 56.1 Å². The Morgan fingerprint density at radius 2 is 1.84 bits per heavy atom. The van der Waals surface area contributed by atoms with Crippen molar-refractivity contribution in [3.63, 3.8) is 0 Å². The Balaban J connectivity index is 1.29. The van der Waals surface area contributed by atoms with Crippen LogP contribution < -0.4 is 10.6 Å². The Morgan fingerprint density at radius 3 is 2.45 bits per heavy atom. The Kier molecular flexibility index (Phi) is 5.88. The highest BCUT2D eigenvalue weighted by Gasteiger charge is 2.40. The van der Waals surface area contributed by atoms with Crippen LogP contribution in [0.2, 0.25) is 0 Å². The van der Waals surface area contributed by atoms with Gasteiger partial charge in [-0.15, -0.1) is 0 Å². The van der Waals surface area contributed by atoms with Gasteiger partial charge in [-0.3, -0.25) is 0 Å². The number of nitrogens with zero attached hydrogens (tertiary/aromatic N) is 2. The predicted octanol–water partition coefficient (Wildman–Crippen LogP) is 3.68. The monoisotopic (exact) mass is 444 g/mol. The molecule has 166 valence electrons.